The van der Waals surface area contributed by atoms with Crippen molar-refractivity contribution in [2.75, 3.05) is 0 Å². The molecule has 3 rings (SSSR count). The second kappa shape index (κ2) is 4.79. The van der Waals surface area contributed by atoms with Gasteiger partial charge in [-0.15, -0.1) is 0 Å². The summed E-state index contributed by atoms with van der Waals surface area (Å²) in [6, 6.07) is 14.6. The Hall–Kier alpha value is -2.66. The summed E-state index contributed by atoms with van der Waals surface area (Å²) in [5.74, 6) is 0. The number of hydrogen-bond donors (Lipinski definition) is 2. The highest BCUT2D eigenvalue weighted by Crippen LogP contribution is 2.28. The lowest BCUT2D eigenvalue weighted by atomic mass is 10.0. The van der Waals surface area contributed by atoms with E-state index in [9.17, 15) is 10.1 Å². The van der Waals surface area contributed by atoms with E-state index in [0.29, 0.717) is 6.54 Å². The zero-order valence-corrected chi connectivity index (χ0v) is 10.7. The van der Waals surface area contributed by atoms with Crippen LogP contribution in [0.4, 0.5) is 5.69 Å². The van der Waals surface area contributed by atoms with Gasteiger partial charge in [-0.1, -0.05) is 24.3 Å². The third-order valence-electron chi connectivity index (χ3n) is 3.34. The van der Waals surface area contributed by atoms with Crippen molar-refractivity contribution in [3.05, 3.63) is 64.2 Å². The molecule has 20 heavy (non-hydrogen) atoms. The molecule has 0 amide bonds. The van der Waals surface area contributed by atoms with E-state index in [1.54, 1.807) is 12.1 Å². The number of H-pyrrole nitrogens is 1. The molecule has 0 aliphatic carbocycles. The molecule has 0 aliphatic heterocycles. The average Bonchev–Trinajstić information content (AvgIpc) is 2.89. The maximum absolute atomic E-state index is 10.8. The van der Waals surface area contributed by atoms with Crippen LogP contribution >= 0.6 is 0 Å². The third-order valence-corrected chi connectivity index (χ3v) is 3.34. The topological polar surface area (TPSA) is 84.9 Å². The first kappa shape index (κ1) is 12.4. The summed E-state index contributed by atoms with van der Waals surface area (Å²) in [6.45, 7) is 0.450. The summed E-state index contributed by atoms with van der Waals surface area (Å²) < 4.78 is 0. The highest BCUT2D eigenvalue weighted by atomic mass is 16.6. The number of nitro benzene ring substituents is 1. The number of nitro groups is 1. The summed E-state index contributed by atoms with van der Waals surface area (Å²) in [5, 5.41) is 11.6. The number of nitrogens with zero attached hydrogens (tertiary/aromatic N) is 1. The Morgan fingerprint density at radius 2 is 1.95 bits per heavy atom. The molecule has 0 saturated carbocycles. The van der Waals surface area contributed by atoms with Crippen molar-refractivity contribution in [3.63, 3.8) is 0 Å². The predicted octanol–water partition coefficient (Wildman–Crippen LogP) is 3.20. The van der Waals surface area contributed by atoms with Gasteiger partial charge in [0.1, 0.15) is 0 Å². The Kier molecular flexibility index (Phi) is 2.96. The molecule has 1 heterocycles. The standard InChI is InChI=1S/C15H13N3O2/c16-9-10-3-1-2-4-13(10)15-8-11-7-12(18(19)20)5-6-14(11)17-15/h1-8,17H,9,16H2. The lowest BCUT2D eigenvalue weighted by Gasteiger charge is -2.04. The maximum atomic E-state index is 10.8. The molecule has 3 aromatic rings. The van der Waals surface area contributed by atoms with Crippen LogP contribution in [-0.2, 0) is 6.54 Å². The fourth-order valence-corrected chi connectivity index (χ4v) is 2.34. The Balaban J connectivity index is 2.15. The van der Waals surface area contributed by atoms with Crippen LogP contribution in [-0.4, -0.2) is 9.91 Å². The lowest BCUT2D eigenvalue weighted by Crippen LogP contribution is -1.98. The lowest BCUT2D eigenvalue weighted by molar-refractivity contribution is -0.384. The molecule has 5 heteroatoms. The fraction of sp³-hybridized carbons (Fsp3) is 0.0667. The van der Waals surface area contributed by atoms with Crippen molar-refractivity contribution in [2.24, 2.45) is 5.73 Å². The molecule has 0 radical (unpaired) electrons. The van der Waals surface area contributed by atoms with Crippen molar-refractivity contribution in [1.29, 1.82) is 0 Å². The van der Waals surface area contributed by atoms with Crippen molar-refractivity contribution in [3.8, 4) is 11.3 Å². The first-order chi connectivity index (χ1) is 9.69. The van der Waals surface area contributed by atoms with E-state index in [1.165, 1.54) is 6.07 Å². The molecule has 0 spiro atoms. The predicted molar refractivity (Wildman–Crippen MR) is 78.3 cm³/mol. The minimum absolute atomic E-state index is 0.0927. The van der Waals surface area contributed by atoms with Crippen LogP contribution in [0.25, 0.3) is 22.2 Å². The van der Waals surface area contributed by atoms with Gasteiger partial charge in [0.2, 0.25) is 0 Å². The van der Waals surface area contributed by atoms with Gasteiger partial charge in [-0.3, -0.25) is 10.1 Å². The van der Waals surface area contributed by atoms with Gasteiger partial charge in [0.15, 0.2) is 0 Å². The van der Waals surface area contributed by atoms with Gasteiger partial charge in [-0.2, -0.15) is 0 Å². The Labute approximate surface area is 115 Å². The van der Waals surface area contributed by atoms with Crippen molar-refractivity contribution >= 4 is 16.6 Å². The van der Waals surface area contributed by atoms with E-state index in [2.05, 4.69) is 4.98 Å². The molecule has 0 fully saturated rings. The Morgan fingerprint density at radius 3 is 2.70 bits per heavy atom. The summed E-state index contributed by atoms with van der Waals surface area (Å²) in [5.41, 5.74) is 9.68. The van der Waals surface area contributed by atoms with Gasteiger partial charge in [0, 0.05) is 40.8 Å². The SMILES string of the molecule is NCc1ccccc1-c1cc2cc([N+](=O)[O-])ccc2[nH]1. The van der Waals surface area contributed by atoms with Gasteiger partial charge < -0.3 is 10.7 Å². The average molecular weight is 267 g/mol. The van der Waals surface area contributed by atoms with Crippen LogP contribution < -0.4 is 5.73 Å². The van der Waals surface area contributed by atoms with E-state index in [-0.39, 0.29) is 10.6 Å². The third kappa shape index (κ3) is 2.04. The number of nitrogens with one attached hydrogen (secondary N) is 1. The summed E-state index contributed by atoms with van der Waals surface area (Å²) in [6.07, 6.45) is 0. The largest absolute Gasteiger partial charge is 0.355 e. The van der Waals surface area contributed by atoms with Crippen LogP contribution in [0.2, 0.25) is 0 Å². The molecule has 3 N–H and O–H groups in total. The summed E-state index contributed by atoms with van der Waals surface area (Å²) in [7, 11) is 0. The molecule has 0 saturated heterocycles. The number of fused-ring (bicyclic) bond motifs is 1. The van der Waals surface area contributed by atoms with Crippen LogP contribution in [0.15, 0.2) is 48.5 Å². The normalized spacial score (nSPS) is 10.8. The van der Waals surface area contributed by atoms with Crippen molar-refractivity contribution < 1.29 is 4.92 Å². The van der Waals surface area contributed by atoms with Crippen LogP contribution in [0.1, 0.15) is 5.56 Å². The zero-order chi connectivity index (χ0) is 14.1. The quantitative estimate of drug-likeness (QED) is 0.564. The molecule has 2 aromatic carbocycles. The molecule has 100 valence electrons. The van der Waals surface area contributed by atoms with Crippen LogP contribution in [0.3, 0.4) is 0 Å². The maximum Gasteiger partial charge on any atom is 0.270 e. The number of nitrogens with two attached hydrogens (primary N) is 1. The van der Waals surface area contributed by atoms with Gasteiger partial charge in [-0.25, -0.2) is 0 Å². The van der Waals surface area contributed by atoms with Crippen LogP contribution in [0, 0.1) is 10.1 Å². The molecular formula is C15H13N3O2. The van der Waals surface area contributed by atoms with Gasteiger partial charge >= 0.3 is 0 Å². The van der Waals surface area contributed by atoms with Crippen LogP contribution in [0.5, 0.6) is 0 Å². The van der Waals surface area contributed by atoms with Crippen molar-refractivity contribution in [2.45, 2.75) is 6.54 Å². The number of hydrogen-bond acceptors (Lipinski definition) is 3. The monoisotopic (exact) mass is 267 g/mol. The van der Waals surface area contributed by atoms with Gasteiger partial charge in [0.05, 0.1) is 4.92 Å². The summed E-state index contributed by atoms with van der Waals surface area (Å²) in [4.78, 5) is 13.7. The molecule has 0 bridgehead atoms. The minimum atomic E-state index is -0.389. The first-order valence-corrected chi connectivity index (χ1v) is 6.24. The highest BCUT2D eigenvalue weighted by Gasteiger charge is 2.10. The number of non-ortho nitro benzene ring substituents is 1. The van der Waals surface area contributed by atoms with E-state index >= 15 is 0 Å². The summed E-state index contributed by atoms with van der Waals surface area (Å²) >= 11 is 0. The van der Waals surface area contributed by atoms with E-state index in [1.807, 2.05) is 30.3 Å². The molecular weight excluding hydrogens is 254 g/mol. The second-order valence-electron chi connectivity index (χ2n) is 4.57. The van der Waals surface area contributed by atoms with E-state index in [4.69, 9.17) is 5.73 Å². The first-order valence-electron chi connectivity index (χ1n) is 6.24. The molecule has 1 aromatic heterocycles. The number of benzene rings is 2. The number of aromatic amines is 1. The smallest absolute Gasteiger partial charge is 0.270 e. The van der Waals surface area contributed by atoms with E-state index < -0.39 is 0 Å². The Bertz CT molecular complexity index is 793. The van der Waals surface area contributed by atoms with Crippen molar-refractivity contribution in [1.82, 2.24) is 4.98 Å². The molecule has 0 unspecified atom stereocenters. The van der Waals surface area contributed by atoms with Gasteiger partial charge in [-0.05, 0) is 17.7 Å². The number of aromatic nitrogens is 1. The fourth-order valence-electron chi connectivity index (χ4n) is 2.34. The highest BCUT2D eigenvalue weighted by molar-refractivity contribution is 5.88. The molecule has 0 atom stereocenters. The molecule has 0 aliphatic rings. The Morgan fingerprint density at radius 1 is 1.15 bits per heavy atom. The second-order valence-corrected chi connectivity index (χ2v) is 4.57. The minimum Gasteiger partial charge on any atom is -0.355 e. The molecule has 5 nitrogen and oxygen atoms in total. The van der Waals surface area contributed by atoms with Gasteiger partial charge in [0.25, 0.3) is 5.69 Å². The number of rotatable bonds is 3. The van der Waals surface area contributed by atoms with E-state index in [0.717, 1.165) is 27.7 Å². The zero-order valence-electron chi connectivity index (χ0n) is 10.7.